The van der Waals surface area contributed by atoms with Crippen LogP contribution < -0.4 is 4.18 Å². The van der Waals surface area contributed by atoms with Gasteiger partial charge in [-0.15, -0.1) is 0 Å². The Bertz CT molecular complexity index is 1140. The molecule has 0 aliphatic rings. The van der Waals surface area contributed by atoms with E-state index in [4.69, 9.17) is 11.6 Å². The predicted octanol–water partition coefficient (Wildman–Crippen LogP) is 7.12. The van der Waals surface area contributed by atoms with Gasteiger partial charge in [0.25, 0.3) is 0 Å². The third-order valence-electron chi connectivity index (χ3n) is 4.76. The molecule has 3 nitrogen and oxygen atoms in total. The second-order valence-electron chi connectivity index (χ2n) is 6.95. The lowest BCUT2D eigenvalue weighted by Gasteiger charge is -2.12. The lowest BCUT2D eigenvalue weighted by atomic mass is 9.99. The van der Waals surface area contributed by atoms with E-state index in [1.54, 1.807) is 12.1 Å². The second kappa shape index (κ2) is 8.86. The molecule has 3 aromatic carbocycles. The van der Waals surface area contributed by atoms with Gasteiger partial charge in [0.05, 0.1) is 5.02 Å². The number of alkyl halides is 3. The van der Waals surface area contributed by atoms with Crippen LogP contribution in [0.15, 0.2) is 54.6 Å². The molecule has 0 heterocycles. The van der Waals surface area contributed by atoms with E-state index in [-0.39, 0.29) is 5.02 Å². The molecule has 0 N–H and O–H groups in total. The van der Waals surface area contributed by atoms with E-state index in [2.05, 4.69) is 23.2 Å². The maximum absolute atomic E-state index is 12.6. The summed E-state index contributed by atoms with van der Waals surface area (Å²) in [6, 6.07) is 16.1. The van der Waals surface area contributed by atoms with Crippen molar-refractivity contribution in [2.75, 3.05) is 0 Å². The third kappa shape index (κ3) is 4.90. The molecule has 0 saturated heterocycles. The molecule has 0 aliphatic heterocycles. The van der Waals surface area contributed by atoms with Crippen molar-refractivity contribution >= 4 is 32.5 Å². The highest BCUT2D eigenvalue weighted by molar-refractivity contribution is 7.88. The van der Waals surface area contributed by atoms with Crippen molar-refractivity contribution < 1.29 is 25.8 Å². The van der Waals surface area contributed by atoms with Crippen LogP contribution in [0.3, 0.4) is 0 Å². The average molecular weight is 457 g/mol. The van der Waals surface area contributed by atoms with Gasteiger partial charge in [-0.1, -0.05) is 73.8 Å². The van der Waals surface area contributed by atoms with E-state index < -0.39 is 21.4 Å². The Kier molecular flexibility index (Phi) is 6.62. The van der Waals surface area contributed by atoms with Crippen LogP contribution in [0.25, 0.3) is 21.9 Å². The molecule has 0 unspecified atom stereocenters. The van der Waals surface area contributed by atoms with Gasteiger partial charge >= 0.3 is 15.6 Å². The van der Waals surface area contributed by atoms with E-state index in [0.717, 1.165) is 30.0 Å². The van der Waals surface area contributed by atoms with Crippen LogP contribution >= 0.6 is 11.6 Å². The third-order valence-corrected chi connectivity index (χ3v) is 6.11. The number of hydrogen-bond acceptors (Lipinski definition) is 3. The molecule has 0 fully saturated rings. The first-order chi connectivity index (χ1) is 14.1. The minimum absolute atomic E-state index is 0.196. The first-order valence-electron chi connectivity index (χ1n) is 9.44. The van der Waals surface area contributed by atoms with E-state index in [1.165, 1.54) is 24.5 Å². The first-order valence-corrected chi connectivity index (χ1v) is 11.2. The molecule has 30 heavy (non-hydrogen) atoms. The number of hydrogen-bond donors (Lipinski definition) is 0. The highest BCUT2D eigenvalue weighted by Crippen LogP contribution is 2.37. The fraction of sp³-hybridized carbons (Fsp3) is 0.273. The van der Waals surface area contributed by atoms with Gasteiger partial charge in [-0.05, 0) is 47.1 Å². The van der Waals surface area contributed by atoms with Gasteiger partial charge in [0.2, 0.25) is 0 Å². The van der Waals surface area contributed by atoms with Crippen molar-refractivity contribution in [2.24, 2.45) is 0 Å². The molecule has 0 atom stereocenters. The average Bonchev–Trinajstić information content (AvgIpc) is 2.70. The zero-order valence-electron chi connectivity index (χ0n) is 16.2. The quantitative estimate of drug-likeness (QED) is 0.216. The molecule has 0 bridgehead atoms. The summed E-state index contributed by atoms with van der Waals surface area (Å²) in [4.78, 5) is 0. The number of unbranched alkanes of at least 4 members (excludes halogenated alkanes) is 2. The Morgan fingerprint density at radius 3 is 2.23 bits per heavy atom. The fourth-order valence-corrected chi connectivity index (χ4v) is 3.91. The minimum Gasteiger partial charge on any atom is -0.374 e. The predicted molar refractivity (Wildman–Crippen MR) is 113 cm³/mol. The summed E-state index contributed by atoms with van der Waals surface area (Å²) in [5.41, 5.74) is -2.36. The van der Waals surface area contributed by atoms with E-state index in [9.17, 15) is 21.6 Å². The van der Waals surface area contributed by atoms with Gasteiger partial charge in [-0.25, -0.2) is 0 Å². The van der Waals surface area contributed by atoms with Crippen molar-refractivity contribution in [1.82, 2.24) is 0 Å². The summed E-state index contributed by atoms with van der Waals surface area (Å²) < 4.78 is 64.4. The van der Waals surface area contributed by atoms with Crippen molar-refractivity contribution in [3.63, 3.8) is 0 Å². The lowest BCUT2D eigenvalue weighted by Crippen LogP contribution is -2.28. The van der Waals surface area contributed by atoms with Crippen LogP contribution in [0.4, 0.5) is 13.2 Å². The van der Waals surface area contributed by atoms with Crippen LogP contribution in [0.5, 0.6) is 5.75 Å². The molecule has 0 saturated carbocycles. The van der Waals surface area contributed by atoms with Crippen LogP contribution in [0, 0.1) is 0 Å². The Morgan fingerprint density at radius 1 is 0.933 bits per heavy atom. The highest BCUT2D eigenvalue weighted by atomic mass is 35.5. The molecular weight excluding hydrogens is 437 g/mol. The lowest BCUT2D eigenvalue weighted by molar-refractivity contribution is -0.0500. The van der Waals surface area contributed by atoms with Crippen molar-refractivity contribution in [3.05, 3.63) is 65.2 Å². The van der Waals surface area contributed by atoms with Crippen LogP contribution in [0.1, 0.15) is 31.7 Å². The fourth-order valence-electron chi connectivity index (χ4n) is 3.12. The molecule has 8 heteroatoms. The van der Waals surface area contributed by atoms with Gasteiger partial charge in [0.1, 0.15) is 0 Å². The molecule has 0 amide bonds. The molecule has 0 aliphatic carbocycles. The SMILES string of the molecule is CCCCCc1ccc(-c2ccc3c(Cl)c(OS(=O)(=O)C(F)(F)F)ccc3c2)cc1. The van der Waals surface area contributed by atoms with E-state index in [1.807, 2.05) is 18.2 Å². The monoisotopic (exact) mass is 456 g/mol. The Hall–Kier alpha value is -2.25. The smallest absolute Gasteiger partial charge is 0.374 e. The van der Waals surface area contributed by atoms with Crippen LogP contribution in [-0.4, -0.2) is 13.9 Å². The number of fused-ring (bicyclic) bond motifs is 1. The van der Waals surface area contributed by atoms with Gasteiger partial charge in [-0.2, -0.15) is 21.6 Å². The Morgan fingerprint density at radius 2 is 1.60 bits per heavy atom. The summed E-state index contributed by atoms with van der Waals surface area (Å²) in [5.74, 6) is -0.564. The topological polar surface area (TPSA) is 43.4 Å². The Balaban J connectivity index is 1.87. The molecule has 160 valence electrons. The van der Waals surface area contributed by atoms with Gasteiger partial charge in [-0.3, -0.25) is 0 Å². The summed E-state index contributed by atoms with van der Waals surface area (Å²) in [5, 5.41) is 0.853. The number of halogens is 4. The normalized spacial score (nSPS) is 12.3. The molecule has 0 radical (unpaired) electrons. The molecule has 0 spiro atoms. The van der Waals surface area contributed by atoms with Gasteiger partial charge in [0, 0.05) is 5.39 Å². The van der Waals surface area contributed by atoms with Crippen molar-refractivity contribution in [2.45, 2.75) is 38.1 Å². The molecular formula is C22H20ClF3O3S. The summed E-state index contributed by atoms with van der Waals surface area (Å²) in [7, 11) is -5.79. The second-order valence-corrected chi connectivity index (χ2v) is 8.87. The Labute approximate surface area is 178 Å². The first kappa shape index (κ1) is 22.4. The largest absolute Gasteiger partial charge is 0.534 e. The minimum atomic E-state index is -5.79. The molecule has 3 rings (SSSR count). The maximum Gasteiger partial charge on any atom is 0.534 e. The summed E-state index contributed by atoms with van der Waals surface area (Å²) in [6.45, 7) is 2.17. The van der Waals surface area contributed by atoms with E-state index in [0.29, 0.717) is 10.8 Å². The zero-order valence-corrected chi connectivity index (χ0v) is 17.7. The molecule has 0 aromatic heterocycles. The van der Waals surface area contributed by atoms with Crippen molar-refractivity contribution in [3.8, 4) is 16.9 Å². The number of benzene rings is 3. The van der Waals surface area contributed by atoms with Gasteiger partial charge < -0.3 is 4.18 Å². The van der Waals surface area contributed by atoms with Crippen LogP contribution in [0.2, 0.25) is 5.02 Å². The number of rotatable bonds is 7. The number of aryl methyl sites for hydroxylation is 1. The van der Waals surface area contributed by atoms with Crippen molar-refractivity contribution in [1.29, 1.82) is 0 Å². The maximum atomic E-state index is 12.6. The molecule has 3 aromatic rings. The van der Waals surface area contributed by atoms with Gasteiger partial charge in [0.15, 0.2) is 5.75 Å². The summed E-state index contributed by atoms with van der Waals surface area (Å²) >= 11 is 6.12. The zero-order chi connectivity index (χ0) is 21.9. The van der Waals surface area contributed by atoms with Crippen LogP contribution in [-0.2, 0) is 16.5 Å². The standard InChI is InChI=1S/C22H20ClF3O3S/c1-2-3-4-5-15-6-8-16(9-7-15)17-10-12-19-18(14-17)11-13-20(21(19)23)29-30(27,28)22(24,25)26/h6-14H,2-5H2,1H3. The summed E-state index contributed by atoms with van der Waals surface area (Å²) in [6.07, 6.45) is 4.56. The van der Waals surface area contributed by atoms with E-state index >= 15 is 0 Å². The highest BCUT2D eigenvalue weighted by Gasteiger charge is 2.48.